The number of alkyl halides is 2. The number of rotatable bonds is 8. The molecule has 0 aliphatic heterocycles. The molecule has 0 radical (unpaired) electrons. The van der Waals surface area contributed by atoms with Crippen LogP contribution in [-0.2, 0) is 12.5 Å². The second-order valence-corrected chi connectivity index (χ2v) is 7.70. The van der Waals surface area contributed by atoms with Crippen molar-refractivity contribution in [1.29, 1.82) is 5.26 Å². The van der Waals surface area contributed by atoms with Gasteiger partial charge in [-0.2, -0.15) is 14.0 Å². The lowest BCUT2D eigenvalue weighted by Crippen LogP contribution is -2.25. The Balaban J connectivity index is 1.96. The third kappa shape index (κ3) is 5.56. The molecule has 0 fully saturated rings. The van der Waals surface area contributed by atoms with E-state index in [1.54, 1.807) is 0 Å². The lowest BCUT2D eigenvalue weighted by atomic mass is 9.98. The summed E-state index contributed by atoms with van der Waals surface area (Å²) in [5.74, 6) is -10.3. The maximum Gasteiger partial charge on any atom is 0.432 e. The first-order valence-corrected chi connectivity index (χ1v) is 10.4. The lowest BCUT2D eigenvalue weighted by Gasteiger charge is -2.20. The Morgan fingerprint density at radius 1 is 0.771 bits per heavy atom. The van der Waals surface area contributed by atoms with Crippen molar-refractivity contribution >= 4 is 0 Å². The van der Waals surface area contributed by atoms with Crippen LogP contribution in [0, 0.1) is 46.2 Å². The fourth-order valence-corrected chi connectivity index (χ4v) is 3.54. The summed E-state index contributed by atoms with van der Waals surface area (Å²) >= 11 is 0. The highest BCUT2D eigenvalue weighted by Crippen LogP contribution is 2.38. The van der Waals surface area contributed by atoms with E-state index in [9.17, 15) is 35.1 Å². The van der Waals surface area contributed by atoms with Gasteiger partial charge in [0.05, 0.1) is 5.56 Å². The molecule has 3 rings (SSSR count). The molecule has 0 N–H and O–H groups in total. The minimum Gasteiger partial charge on any atom is -0.429 e. The molecule has 0 aliphatic carbocycles. The van der Waals surface area contributed by atoms with E-state index in [0.29, 0.717) is 30.5 Å². The quantitative estimate of drug-likeness (QED) is 0.233. The minimum absolute atomic E-state index is 0.243. The number of hydrogen-bond donors (Lipinski definition) is 0. The van der Waals surface area contributed by atoms with Gasteiger partial charge in [-0.1, -0.05) is 19.8 Å². The van der Waals surface area contributed by atoms with Crippen LogP contribution in [0.5, 0.6) is 5.75 Å². The van der Waals surface area contributed by atoms with Crippen LogP contribution in [0.25, 0.3) is 11.1 Å². The summed E-state index contributed by atoms with van der Waals surface area (Å²) in [6, 6.07) is 4.27. The smallest absolute Gasteiger partial charge is 0.429 e. The fraction of sp³-hybridized carbons (Fsp3) is 0.240. The molecule has 35 heavy (non-hydrogen) atoms. The van der Waals surface area contributed by atoms with E-state index in [1.807, 2.05) is 6.92 Å². The molecule has 0 amide bonds. The molecule has 0 atom stereocenters. The molecule has 184 valence electrons. The van der Waals surface area contributed by atoms with Crippen LogP contribution in [0.4, 0.5) is 35.1 Å². The Labute approximate surface area is 195 Å². The molecule has 0 aliphatic rings. The first-order chi connectivity index (χ1) is 16.5. The van der Waals surface area contributed by atoms with Crippen LogP contribution in [0.1, 0.15) is 42.9 Å². The van der Waals surface area contributed by atoms with Gasteiger partial charge < -0.3 is 4.74 Å². The molecule has 3 aromatic rings. The summed E-state index contributed by atoms with van der Waals surface area (Å²) < 4.78 is 119. The summed E-state index contributed by atoms with van der Waals surface area (Å²) in [7, 11) is 0. The van der Waals surface area contributed by atoms with E-state index >= 15 is 0 Å². The van der Waals surface area contributed by atoms with E-state index in [4.69, 9.17) is 5.26 Å². The van der Waals surface area contributed by atoms with Crippen LogP contribution in [0.15, 0.2) is 36.4 Å². The minimum atomic E-state index is -4.78. The van der Waals surface area contributed by atoms with Gasteiger partial charge in [0.1, 0.15) is 57.8 Å². The molecule has 0 spiro atoms. The number of unbranched alkanes of at least 4 members (excludes halogenated alkanes) is 2. The third-order valence-corrected chi connectivity index (χ3v) is 5.17. The zero-order valence-electron chi connectivity index (χ0n) is 18.2. The highest BCUT2D eigenvalue weighted by molar-refractivity contribution is 5.66. The van der Waals surface area contributed by atoms with Gasteiger partial charge in [-0.15, -0.1) is 0 Å². The number of nitrogens with zero attached hydrogens (tertiary/aromatic N) is 1. The molecular formula is C25H17F8NO. The number of benzene rings is 3. The van der Waals surface area contributed by atoms with Crippen LogP contribution in [0.3, 0.4) is 0 Å². The second kappa shape index (κ2) is 10.3. The number of hydrogen-bond acceptors (Lipinski definition) is 2. The molecule has 10 heteroatoms. The van der Waals surface area contributed by atoms with Crippen LogP contribution < -0.4 is 4.74 Å². The molecule has 2 nitrogen and oxygen atoms in total. The van der Waals surface area contributed by atoms with E-state index in [-0.39, 0.29) is 12.1 Å². The van der Waals surface area contributed by atoms with Crippen molar-refractivity contribution in [1.82, 2.24) is 0 Å². The highest BCUT2D eigenvalue weighted by atomic mass is 19.3. The normalized spacial score (nSPS) is 11.4. The Kier molecular flexibility index (Phi) is 7.68. The second-order valence-electron chi connectivity index (χ2n) is 7.70. The van der Waals surface area contributed by atoms with E-state index in [0.717, 1.165) is 25.0 Å². The molecule has 0 saturated heterocycles. The zero-order chi connectivity index (χ0) is 25.9. The molecule has 0 saturated carbocycles. The van der Waals surface area contributed by atoms with Crippen molar-refractivity contribution in [2.75, 3.05) is 0 Å². The van der Waals surface area contributed by atoms with Gasteiger partial charge in [0.25, 0.3) is 0 Å². The Hall–Kier alpha value is -3.61. The summed E-state index contributed by atoms with van der Waals surface area (Å²) in [5, 5.41) is 8.62. The van der Waals surface area contributed by atoms with E-state index < -0.39 is 69.0 Å². The molecular weight excluding hydrogens is 482 g/mol. The van der Waals surface area contributed by atoms with Gasteiger partial charge in [-0.25, -0.2) is 26.3 Å². The largest absolute Gasteiger partial charge is 0.432 e. The van der Waals surface area contributed by atoms with Gasteiger partial charge in [0, 0.05) is 12.1 Å². The number of halogens is 8. The molecule has 0 aromatic heterocycles. The first-order valence-electron chi connectivity index (χ1n) is 10.4. The first kappa shape index (κ1) is 26.0. The van der Waals surface area contributed by atoms with Gasteiger partial charge in [-0.05, 0) is 48.2 Å². The summed E-state index contributed by atoms with van der Waals surface area (Å²) in [6.07, 6.45) is -2.00. The van der Waals surface area contributed by atoms with Crippen molar-refractivity contribution in [3.8, 4) is 22.9 Å². The number of ether oxygens (including phenoxy) is 1. The summed E-state index contributed by atoms with van der Waals surface area (Å²) in [5.41, 5.74) is -4.16. The van der Waals surface area contributed by atoms with Gasteiger partial charge in [-0.3, -0.25) is 0 Å². The Morgan fingerprint density at radius 3 is 1.80 bits per heavy atom. The average Bonchev–Trinajstić information content (AvgIpc) is 2.72. The van der Waals surface area contributed by atoms with E-state index in [2.05, 4.69) is 4.74 Å². The van der Waals surface area contributed by atoms with Crippen molar-refractivity contribution in [2.45, 2.75) is 38.7 Å². The van der Waals surface area contributed by atoms with Crippen molar-refractivity contribution < 1.29 is 39.9 Å². The molecule has 0 bridgehead atoms. The van der Waals surface area contributed by atoms with Crippen molar-refractivity contribution in [2.24, 2.45) is 0 Å². The Morgan fingerprint density at radius 2 is 1.31 bits per heavy atom. The third-order valence-electron chi connectivity index (χ3n) is 5.17. The topological polar surface area (TPSA) is 33.0 Å². The molecule has 3 aromatic carbocycles. The standard InChI is InChI=1S/C25H17F8NO/c1-2-3-4-5-13-6-19(28)23(20(29)7-13)14-8-21(30)24(22(31)9-14)25(32,33)35-15-10-17(26)16(12-34)18(27)11-15/h6-11H,2-5H2,1H3. The highest BCUT2D eigenvalue weighted by Gasteiger charge is 2.41. The van der Waals surface area contributed by atoms with Crippen LogP contribution >= 0.6 is 0 Å². The SMILES string of the molecule is CCCCCc1cc(F)c(-c2cc(F)c(C(F)(F)Oc3cc(F)c(C#N)c(F)c3)c(F)c2)c(F)c1. The van der Waals surface area contributed by atoms with Gasteiger partial charge >= 0.3 is 6.11 Å². The van der Waals surface area contributed by atoms with Crippen molar-refractivity contribution in [3.05, 3.63) is 88.0 Å². The number of aryl methyl sites for hydroxylation is 1. The average molecular weight is 499 g/mol. The van der Waals surface area contributed by atoms with Crippen LogP contribution in [0.2, 0.25) is 0 Å². The number of nitriles is 1. The summed E-state index contributed by atoms with van der Waals surface area (Å²) in [4.78, 5) is 0. The van der Waals surface area contributed by atoms with Crippen LogP contribution in [-0.4, -0.2) is 0 Å². The van der Waals surface area contributed by atoms with Gasteiger partial charge in [0.2, 0.25) is 0 Å². The molecule has 0 unspecified atom stereocenters. The summed E-state index contributed by atoms with van der Waals surface area (Å²) in [6.45, 7) is 1.95. The maximum atomic E-state index is 14.6. The predicted octanol–water partition coefficient (Wildman–Crippen LogP) is 7.92. The predicted molar refractivity (Wildman–Crippen MR) is 111 cm³/mol. The van der Waals surface area contributed by atoms with E-state index in [1.165, 1.54) is 6.07 Å². The van der Waals surface area contributed by atoms with Gasteiger partial charge in [0.15, 0.2) is 0 Å². The lowest BCUT2D eigenvalue weighted by molar-refractivity contribution is -0.189. The Bertz CT molecular complexity index is 1230. The van der Waals surface area contributed by atoms with Crippen molar-refractivity contribution in [3.63, 3.8) is 0 Å². The maximum absolute atomic E-state index is 14.6. The zero-order valence-corrected chi connectivity index (χ0v) is 18.2. The monoisotopic (exact) mass is 499 g/mol. The fourth-order valence-electron chi connectivity index (χ4n) is 3.54. The molecule has 0 heterocycles.